The van der Waals surface area contributed by atoms with E-state index in [4.69, 9.17) is 0 Å². The molecule has 2 saturated heterocycles. The number of benzene rings is 1. The zero-order valence-corrected chi connectivity index (χ0v) is 15.7. The van der Waals surface area contributed by atoms with Gasteiger partial charge < -0.3 is 14.9 Å². The number of aromatic nitrogens is 2. The molecule has 2 atom stereocenters. The second-order valence-electron chi connectivity index (χ2n) is 7.59. The summed E-state index contributed by atoms with van der Waals surface area (Å²) >= 11 is 1.27. The Kier molecular flexibility index (Phi) is 5.28. The molecule has 1 aromatic carbocycles. The van der Waals surface area contributed by atoms with Crippen LogP contribution in [0.5, 0.6) is 0 Å². The summed E-state index contributed by atoms with van der Waals surface area (Å²) in [4.78, 5) is 7.46. The van der Waals surface area contributed by atoms with Crippen LogP contribution in [0.3, 0.4) is 0 Å². The highest BCUT2D eigenvalue weighted by molar-refractivity contribution is 7.00. The van der Waals surface area contributed by atoms with Crippen LogP contribution >= 0.6 is 11.7 Å². The molecule has 0 radical (unpaired) electrons. The zero-order chi connectivity index (χ0) is 17.2. The fraction of sp³-hybridized carbons (Fsp3) is 0.667. The summed E-state index contributed by atoms with van der Waals surface area (Å²) in [6, 6.07) is 6.38. The quantitative estimate of drug-likeness (QED) is 0.857. The van der Waals surface area contributed by atoms with Gasteiger partial charge in [0, 0.05) is 59.0 Å². The lowest BCUT2D eigenvalue weighted by molar-refractivity contribution is 0.116. The van der Waals surface area contributed by atoms with Gasteiger partial charge in [0.2, 0.25) is 0 Å². The van der Waals surface area contributed by atoms with E-state index in [1.807, 2.05) is 0 Å². The van der Waals surface area contributed by atoms with Crippen molar-refractivity contribution in [3.8, 4) is 0 Å². The number of hydrogen-bond acceptors (Lipinski definition) is 7. The summed E-state index contributed by atoms with van der Waals surface area (Å²) in [6.07, 6.45) is 0. The third-order valence-corrected chi connectivity index (χ3v) is 6.26. The third-order valence-electron chi connectivity index (χ3n) is 5.70. The highest BCUT2D eigenvalue weighted by Crippen LogP contribution is 2.26. The first kappa shape index (κ1) is 17.3. The van der Waals surface area contributed by atoms with Crippen molar-refractivity contribution in [2.75, 3.05) is 59.5 Å². The van der Waals surface area contributed by atoms with Crippen LogP contribution in [0.25, 0.3) is 11.0 Å². The van der Waals surface area contributed by atoms with Crippen molar-refractivity contribution in [3.05, 3.63) is 23.8 Å². The molecule has 0 amide bonds. The number of aliphatic hydroxyl groups excluding tert-OH is 1. The van der Waals surface area contributed by atoms with Gasteiger partial charge in [-0.15, -0.1) is 0 Å². The Hall–Kier alpha value is -1.12. The molecule has 1 N–H and O–H groups in total. The number of rotatable bonds is 5. The second-order valence-corrected chi connectivity index (χ2v) is 8.12. The van der Waals surface area contributed by atoms with Crippen LogP contribution in [0.1, 0.15) is 5.56 Å². The first-order valence-electron chi connectivity index (χ1n) is 9.16. The topological polar surface area (TPSA) is 55.7 Å². The highest BCUT2D eigenvalue weighted by atomic mass is 32.1. The lowest BCUT2D eigenvalue weighted by Crippen LogP contribution is -2.47. The SMILES string of the molecule is CN1CCN(CC2CN(Cc3ccc4nsnc4c3)CC2CO)CC1. The number of fused-ring (bicyclic) bond motifs is 1. The van der Waals surface area contributed by atoms with Crippen molar-refractivity contribution >= 4 is 22.8 Å². The van der Waals surface area contributed by atoms with Gasteiger partial charge in [0.05, 0.1) is 11.7 Å². The van der Waals surface area contributed by atoms with Crippen molar-refractivity contribution in [2.24, 2.45) is 11.8 Å². The molecule has 2 unspecified atom stereocenters. The molecular formula is C18H27N5OS. The van der Waals surface area contributed by atoms with E-state index in [2.05, 4.69) is 48.7 Å². The van der Waals surface area contributed by atoms with Gasteiger partial charge in [-0.05, 0) is 36.6 Å². The smallest absolute Gasteiger partial charge is 0.105 e. The van der Waals surface area contributed by atoms with Crippen molar-refractivity contribution in [3.63, 3.8) is 0 Å². The van der Waals surface area contributed by atoms with Crippen LogP contribution in [-0.2, 0) is 6.54 Å². The first-order chi connectivity index (χ1) is 12.2. The lowest BCUT2D eigenvalue weighted by Gasteiger charge is -2.34. The minimum Gasteiger partial charge on any atom is -0.396 e. The molecule has 2 aromatic rings. The van der Waals surface area contributed by atoms with E-state index in [9.17, 15) is 5.11 Å². The predicted molar refractivity (Wildman–Crippen MR) is 101 cm³/mol. The van der Waals surface area contributed by atoms with Crippen molar-refractivity contribution in [1.29, 1.82) is 0 Å². The molecule has 0 saturated carbocycles. The third kappa shape index (κ3) is 4.01. The molecule has 136 valence electrons. The Morgan fingerprint density at radius 1 is 1.04 bits per heavy atom. The maximum atomic E-state index is 9.84. The molecule has 2 fully saturated rings. The van der Waals surface area contributed by atoms with Gasteiger partial charge in [-0.3, -0.25) is 4.90 Å². The summed E-state index contributed by atoms with van der Waals surface area (Å²) in [5.41, 5.74) is 3.27. The summed E-state index contributed by atoms with van der Waals surface area (Å²) in [5, 5.41) is 9.84. The van der Waals surface area contributed by atoms with E-state index in [0.717, 1.165) is 63.4 Å². The number of aliphatic hydroxyl groups is 1. The summed E-state index contributed by atoms with van der Waals surface area (Å²) in [6.45, 7) is 9.02. The molecule has 0 aliphatic carbocycles. The standard InChI is InChI=1S/C18H27N5OS/c1-21-4-6-22(7-5-21)10-15-11-23(12-16(15)13-24)9-14-2-3-17-18(8-14)20-25-19-17/h2-3,8,15-16,24H,4-7,9-13H2,1H3. The molecule has 6 nitrogen and oxygen atoms in total. The average molecular weight is 362 g/mol. The molecule has 3 heterocycles. The first-order valence-corrected chi connectivity index (χ1v) is 9.89. The number of likely N-dealkylation sites (N-methyl/N-ethyl adjacent to an activating group) is 1. The molecule has 4 rings (SSSR count). The Balaban J connectivity index is 1.36. The van der Waals surface area contributed by atoms with Crippen molar-refractivity contribution in [1.82, 2.24) is 23.4 Å². The molecular weight excluding hydrogens is 334 g/mol. The Labute approximate surface area is 153 Å². The molecule has 1 aromatic heterocycles. The molecule has 0 bridgehead atoms. The normalized spacial score (nSPS) is 26.6. The van der Waals surface area contributed by atoms with E-state index in [1.54, 1.807) is 0 Å². The van der Waals surface area contributed by atoms with Crippen LogP contribution in [0.4, 0.5) is 0 Å². The maximum Gasteiger partial charge on any atom is 0.105 e. The van der Waals surface area contributed by atoms with Gasteiger partial charge in [-0.1, -0.05) is 6.07 Å². The van der Waals surface area contributed by atoms with E-state index in [1.165, 1.54) is 17.3 Å². The molecule has 25 heavy (non-hydrogen) atoms. The largest absolute Gasteiger partial charge is 0.396 e. The summed E-state index contributed by atoms with van der Waals surface area (Å²) < 4.78 is 8.62. The predicted octanol–water partition coefficient (Wildman–Crippen LogP) is 0.979. The van der Waals surface area contributed by atoms with E-state index < -0.39 is 0 Å². The van der Waals surface area contributed by atoms with E-state index in [0.29, 0.717) is 18.4 Å². The highest BCUT2D eigenvalue weighted by Gasteiger charge is 2.33. The monoisotopic (exact) mass is 361 g/mol. The van der Waals surface area contributed by atoms with Gasteiger partial charge in [-0.25, -0.2) is 0 Å². The van der Waals surface area contributed by atoms with Gasteiger partial charge in [0.15, 0.2) is 0 Å². The van der Waals surface area contributed by atoms with Crippen LogP contribution in [0, 0.1) is 11.8 Å². The van der Waals surface area contributed by atoms with Gasteiger partial charge in [-0.2, -0.15) is 8.75 Å². The fourth-order valence-corrected chi connectivity index (χ4v) is 4.64. The number of nitrogens with zero attached hydrogens (tertiary/aromatic N) is 5. The maximum absolute atomic E-state index is 9.84. The van der Waals surface area contributed by atoms with E-state index >= 15 is 0 Å². The summed E-state index contributed by atoms with van der Waals surface area (Å²) in [7, 11) is 2.19. The van der Waals surface area contributed by atoms with Gasteiger partial charge >= 0.3 is 0 Å². The molecule has 2 aliphatic rings. The lowest BCUT2D eigenvalue weighted by atomic mass is 9.96. The molecule has 7 heteroatoms. The zero-order valence-electron chi connectivity index (χ0n) is 14.8. The number of piperazine rings is 1. The van der Waals surface area contributed by atoms with Crippen molar-refractivity contribution in [2.45, 2.75) is 6.54 Å². The Morgan fingerprint density at radius 3 is 2.60 bits per heavy atom. The average Bonchev–Trinajstić information content (AvgIpc) is 3.23. The summed E-state index contributed by atoms with van der Waals surface area (Å²) in [5.74, 6) is 0.961. The van der Waals surface area contributed by atoms with Gasteiger partial charge in [0.1, 0.15) is 11.0 Å². The molecule has 0 spiro atoms. The fourth-order valence-electron chi connectivity index (χ4n) is 4.13. The minimum absolute atomic E-state index is 0.296. The minimum atomic E-state index is 0.296. The van der Waals surface area contributed by atoms with Crippen LogP contribution in [0.15, 0.2) is 18.2 Å². The second kappa shape index (κ2) is 7.63. The van der Waals surface area contributed by atoms with Gasteiger partial charge in [0.25, 0.3) is 0 Å². The van der Waals surface area contributed by atoms with Crippen LogP contribution in [-0.4, -0.2) is 88.0 Å². The number of likely N-dealkylation sites (tertiary alicyclic amines) is 1. The molecule has 2 aliphatic heterocycles. The van der Waals surface area contributed by atoms with E-state index in [-0.39, 0.29) is 0 Å². The number of hydrogen-bond donors (Lipinski definition) is 1. The Bertz CT molecular complexity index is 700. The Morgan fingerprint density at radius 2 is 1.80 bits per heavy atom. The van der Waals surface area contributed by atoms with Crippen LogP contribution < -0.4 is 0 Å². The van der Waals surface area contributed by atoms with Crippen molar-refractivity contribution < 1.29 is 5.11 Å². The van der Waals surface area contributed by atoms with Crippen LogP contribution in [0.2, 0.25) is 0 Å².